The number of rotatable bonds is 4. The normalized spacial score (nSPS) is 29.5. The lowest BCUT2D eigenvalue weighted by atomic mass is 9.79. The Morgan fingerprint density at radius 2 is 1.84 bits per heavy atom. The number of hydrogen-bond acceptors (Lipinski definition) is 8. The molecule has 0 aromatic heterocycles. The number of carboxylic acids is 1. The molecule has 0 spiro atoms. The van der Waals surface area contributed by atoms with Crippen LogP contribution in [0, 0.1) is 0 Å². The molecule has 9 nitrogen and oxygen atoms in total. The van der Waals surface area contributed by atoms with Gasteiger partial charge in [0.15, 0.2) is 17.1 Å². The first-order chi connectivity index (χ1) is 11.6. The second-order valence-electron chi connectivity index (χ2n) is 5.86. The van der Waals surface area contributed by atoms with Crippen LogP contribution in [0.1, 0.15) is 18.4 Å². The minimum atomic E-state index is -2.31. The molecule has 0 aliphatic heterocycles. The van der Waals surface area contributed by atoms with Crippen LogP contribution in [0.25, 0.3) is 6.08 Å². The van der Waals surface area contributed by atoms with Gasteiger partial charge in [-0.05, 0) is 23.8 Å². The van der Waals surface area contributed by atoms with Crippen LogP contribution < -0.4 is 0 Å². The van der Waals surface area contributed by atoms with Crippen LogP contribution in [-0.2, 0) is 14.3 Å². The third-order valence-corrected chi connectivity index (χ3v) is 3.94. The van der Waals surface area contributed by atoms with Gasteiger partial charge in [0.1, 0.15) is 12.2 Å². The van der Waals surface area contributed by atoms with Crippen LogP contribution in [0.2, 0.25) is 0 Å². The van der Waals surface area contributed by atoms with E-state index < -0.39 is 48.7 Å². The molecule has 4 atom stereocenters. The van der Waals surface area contributed by atoms with Crippen molar-refractivity contribution < 1.29 is 45.0 Å². The van der Waals surface area contributed by atoms with Crippen molar-refractivity contribution in [2.24, 2.45) is 0 Å². The summed E-state index contributed by atoms with van der Waals surface area (Å²) < 4.78 is 4.92. The molecule has 1 aliphatic carbocycles. The van der Waals surface area contributed by atoms with Gasteiger partial charge in [0.05, 0.1) is 6.10 Å². The number of carbonyl (C=O) groups is 2. The Bertz CT molecular complexity index is 699. The Hall–Kier alpha value is -2.62. The number of esters is 1. The molecule has 0 heterocycles. The molecular formula is C16H18O9. The zero-order valence-electron chi connectivity index (χ0n) is 12.9. The molecule has 0 bridgehead atoms. The highest BCUT2D eigenvalue weighted by atomic mass is 16.6. The number of hydrogen-bond donors (Lipinski definition) is 6. The fraction of sp³-hybridized carbons (Fsp3) is 0.375. The number of phenols is 2. The second kappa shape index (κ2) is 7.09. The highest BCUT2D eigenvalue weighted by molar-refractivity contribution is 5.87. The van der Waals surface area contributed by atoms with Gasteiger partial charge in [0.25, 0.3) is 0 Å². The average Bonchev–Trinajstić information content (AvgIpc) is 2.53. The van der Waals surface area contributed by atoms with E-state index in [9.17, 15) is 35.1 Å². The number of carboxylic acid groups (broad SMARTS) is 1. The molecule has 1 unspecified atom stereocenters. The predicted molar refractivity (Wildman–Crippen MR) is 82.5 cm³/mol. The number of benzene rings is 1. The highest BCUT2D eigenvalue weighted by Gasteiger charge is 2.50. The Kier molecular flexibility index (Phi) is 5.31. The molecule has 9 heteroatoms. The SMILES string of the molecule is O=C(/C=C/c1ccc(O)c(O)c1)OC1C[C@](O)(C(=O)O)C[C@@H](O)[C@H]1O. The fourth-order valence-electron chi connectivity index (χ4n) is 2.53. The summed E-state index contributed by atoms with van der Waals surface area (Å²) in [4.78, 5) is 22.9. The minimum absolute atomic E-state index is 0.327. The summed E-state index contributed by atoms with van der Waals surface area (Å²) in [5.41, 5.74) is -1.94. The highest BCUT2D eigenvalue weighted by Crippen LogP contribution is 2.31. The van der Waals surface area contributed by atoms with E-state index in [4.69, 9.17) is 9.84 Å². The largest absolute Gasteiger partial charge is 0.504 e. The lowest BCUT2D eigenvalue weighted by Gasteiger charge is -2.39. The number of carbonyl (C=O) groups excluding carboxylic acids is 1. The third-order valence-electron chi connectivity index (χ3n) is 3.94. The summed E-state index contributed by atoms with van der Waals surface area (Å²) in [7, 11) is 0. The number of aliphatic hydroxyl groups is 3. The molecule has 6 N–H and O–H groups in total. The maximum atomic E-state index is 11.8. The first kappa shape index (κ1) is 18.7. The first-order valence-corrected chi connectivity index (χ1v) is 7.35. The summed E-state index contributed by atoms with van der Waals surface area (Å²) in [5.74, 6) is -3.24. The van der Waals surface area contributed by atoms with Crippen molar-refractivity contribution in [3.63, 3.8) is 0 Å². The van der Waals surface area contributed by atoms with Crippen molar-refractivity contribution in [2.75, 3.05) is 0 Å². The van der Waals surface area contributed by atoms with E-state index in [-0.39, 0.29) is 11.5 Å². The monoisotopic (exact) mass is 354 g/mol. The maximum Gasteiger partial charge on any atom is 0.335 e. The molecule has 25 heavy (non-hydrogen) atoms. The molecule has 1 fully saturated rings. The second-order valence-corrected chi connectivity index (χ2v) is 5.86. The maximum absolute atomic E-state index is 11.8. The van der Waals surface area contributed by atoms with Gasteiger partial charge in [0.2, 0.25) is 0 Å². The molecule has 0 radical (unpaired) electrons. The van der Waals surface area contributed by atoms with Gasteiger partial charge in [-0.2, -0.15) is 0 Å². The zero-order chi connectivity index (χ0) is 18.8. The molecule has 1 saturated carbocycles. The Morgan fingerprint density at radius 1 is 1.16 bits per heavy atom. The Labute approximate surface area is 142 Å². The first-order valence-electron chi connectivity index (χ1n) is 7.35. The smallest absolute Gasteiger partial charge is 0.335 e. The van der Waals surface area contributed by atoms with E-state index in [0.717, 1.165) is 6.08 Å². The van der Waals surface area contributed by atoms with Crippen LogP contribution in [0.4, 0.5) is 0 Å². The summed E-state index contributed by atoms with van der Waals surface area (Å²) >= 11 is 0. The summed E-state index contributed by atoms with van der Waals surface area (Å²) in [6, 6.07) is 3.83. The van der Waals surface area contributed by atoms with E-state index in [1.54, 1.807) is 0 Å². The summed E-state index contributed by atoms with van der Waals surface area (Å²) in [5, 5.41) is 57.0. The number of aliphatic hydroxyl groups excluding tert-OH is 2. The Balaban J connectivity index is 2.06. The zero-order valence-corrected chi connectivity index (χ0v) is 12.9. The minimum Gasteiger partial charge on any atom is -0.504 e. The molecular weight excluding hydrogens is 336 g/mol. The lowest BCUT2D eigenvalue weighted by Crippen LogP contribution is -2.57. The average molecular weight is 354 g/mol. The van der Waals surface area contributed by atoms with Gasteiger partial charge >= 0.3 is 11.9 Å². The lowest BCUT2D eigenvalue weighted by molar-refractivity contribution is -0.196. The van der Waals surface area contributed by atoms with Crippen molar-refractivity contribution in [1.29, 1.82) is 0 Å². The molecule has 0 saturated heterocycles. The summed E-state index contributed by atoms with van der Waals surface area (Å²) in [6.45, 7) is 0. The van der Waals surface area contributed by atoms with Crippen molar-refractivity contribution in [1.82, 2.24) is 0 Å². The Morgan fingerprint density at radius 3 is 2.44 bits per heavy atom. The van der Waals surface area contributed by atoms with E-state index >= 15 is 0 Å². The topological polar surface area (TPSA) is 165 Å². The van der Waals surface area contributed by atoms with Gasteiger partial charge in [-0.3, -0.25) is 0 Å². The number of ether oxygens (including phenoxy) is 1. The standard InChI is InChI=1S/C16H18O9/c17-9-3-1-8(5-10(9)18)2-4-13(20)25-12-7-16(24,15(22)23)6-11(19)14(12)21/h1-5,11-12,14,17-19,21,24H,6-7H2,(H,22,23)/b4-2+/t11-,12?,14-,16+/m1/s1. The van der Waals surface area contributed by atoms with E-state index in [1.165, 1.54) is 24.3 Å². The van der Waals surface area contributed by atoms with Gasteiger partial charge in [-0.1, -0.05) is 6.07 Å². The quantitative estimate of drug-likeness (QED) is 0.234. The molecule has 1 aliphatic rings. The molecule has 1 aromatic carbocycles. The molecule has 1 aromatic rings. The van der Waals surface area contributed by atoms with E-state index in [0.29, 0.717) is 5.56 Å². The van der Waals surface area contributed by atoms with Crippen molar-refractivity contribution >= 4 is 18.0 Å². The number of phenolic OH excluding ortho intramolecular Hbond substituents is 2. The fourth-order valence-corrected chi connectivity index (χ4v) is 2.53. The van der Waals surface area contributed by atoms with Gasteiger partial charge in [0, 0.05) is 18.9 Å². The van der Waals surface area contributed by atoms with Crippen molar-refractivity contribution in [2.45, 2.75) is 36.8 Å². The van der Waals surface area contributed by atoms with Crippen LogP contribution in [-0.4, -0.2) is 66.5 Å². The van der Waals surface area contributed by atoms with Crippen molar-refractivity contribution in [3.8, 4) is 11.5 Å². The van der Waals surface area contributed by atoms with Gasteiger partial charge in [-0.15, -0.1) is 0 Å². The molecule has 136 valence electrons. The van der Waals surface area contributed by atoms with Crippen LogP contribution in [0.3, 0.4) is 0 Å². The number of aromatic hydroxyl groups is 2. The van der Waals surface area contributed by atoms with Crippen LogP contribution in [0.5, 0.6) is 11.5 Å². The van der Waals surface area contributed by atoms with Crippen LogP contribution in [0.15, 0.2) is 24.3 Å². The third kappa shape index (κ3) is 4.27. The van der Waals surface area contributed by atoms with Crippen LogP contribution >= 0.6 is 0 Å². The predicted octanol–water partition coefficient (Wildman–Crippen LogP) is -0.646. The van der Waals surface area contributed by atoms with Gasteiger partial charge in [-0.25, -0.2) is 9.59 Å². The van der Waals surface area contributed by atoms with E-state index in [1.807, 2.05) is 0 Å². The number of aliphatic carboxylic acids is 1. The molecule has 0 amide bonds. The van der Waals surface area contributed by atoms with E-state index in [2.05, 4.69) is 0 Å². The van der Waals surface area contributed by atoms with Crippen molar-refractivity contribution in [3.05, 3.63) is 29.8 Å². The van der Waals surface area contributed by atoms with Gasteiger partial charge < -0.3 is 35.4 Å². The molecule has 2 rings (SSSR count). The summed E-state index contributed by atoms with van der Waals surface area (Å²) in [6.07, 6.45) is -3.44.